The van der Waals surface area contributed by atoms with Gasteiger partial charge in [0.25, 0.3) is 0 Å². The molecule has 1 aromatic rings. The molecule has 1 N–H and O–H groups in total. The molecule has 3 rings (SSSR count). The lowest BCUT2D eigenvalue weighted by Crippen LogP contribution is -2.49. The molecule has 0 spiro atoms. The quantitative estimate of drug-likeness (QED) is 0.905. The van der Waals surface area contributed by atoms with E-state index in [-0.39, 0.29) is 17.9 Å². The van der Waals surface area contributed by atoms with Gasteiger partial charge in [-0.1, -0.05) is 18.2 Å². The fraction of sp³-hybridized carbons (Fsp3) is 0.579. The predicted octanol–water partition coefficient (Wildman–Crippen LogP) is 1.86. The van der Waals surface area contributed by atoms with Gasteiger partial charge < -0.3 is 15.0 Å². The van der Waals surface area contributed by atoms with Crippen molar-refractivity contribution in [3.63, 3.8) is 0 Å². The highest BCUT2D eigenvalue weighted by Gasteiger charge is 2.30. The molecule has 0 saturated carbocycles. The van der Waals surface area contributed by atoms with Crippen LogP contribution in [0.2, 0.25) is 0 Å². The molecule has 1 unspecified atom stereocenters. The number of hydrogen-bond acceptors (Lipinski definition) is 4. The van der Waals surface area contributed by atoms with Gasteiger partial charge in [-0.2, -0.15) is 0 Å². The summed E-state index contributed by atoms with van der Waals surface area (Å²) >= 11 is 0. The minimum atomic E-state index is -0.359. The third-order valence-corrected chi connectivity index (χ3v) is 4.98. The van der Waals surface area contributed by atoms with E-state index < -0.39 is 0 Å². The zero-order chi connectivity index (χ0) is 17.6. The van der Waals surface area contributed by atoms with E-state index in [1.807, 2.05) is 18.2 Å². The van der Waals surface area contributed by atoms with Gasteiger partial charge in [-0.05, 0) is 30.9 Å². The molecule has 0 bridgehead atoms. The van der Waals surface area contributed by atoms with Gasteiger partial charge in [0.15, 0.2) is 0 Å². The van der Waals surface area contributed by atoms with Crippen molar-refractivity contribution in [1.82, 2.24) is 9.80 Å². The van der Waals surface area contributed by atoms with Crippen molar-refractivity contribution in [3.8, 4) is 0 Å². The Morgan fingerprint density at radius 3 is 2.68 bits per heavy atom. The average Bonchev–Trinajstić information content (AvgIpc) is 2.64. The summed E-state index contributed by atoms with van der Waals surface area (Å²) in [6.45, 7) is 6.32. The van der Waals surface area contributed by atoms with Gasteiger partial charge in [0.2, 0.25) is 11.8 Å². The van der Waals surface area contributed by atoms with Crippen LogP contribution in [0.5, 0.6) is 0 Å². The zero-order valence-electron chi connectivity index (χ0n) is 14.9. The molecule has 2 aliphatic rings. The normalized spacial score (nSPS) is 21.8. The second kappa shape index (κ2) is 8.45. The van der Waals surface area contributed by atoms with Gasteiger partial charge in [0, 0.05) is 38.8 Å². The largest absolute Gasteiger partial charge is 0.379 e. The number of benzene rings is 1. The van der Waals surface area contributed by atoms with Crippen LogP contribution >= 0.6 is 0 Å². The summed E-state index contributed by atoms with van der Waals surface area (Å²) in [5.41, 5.74) is 1.94. The van der Waals surface area contributed by atoms with Crippen molar-refractivity contribution in [1.29, 1.82) is 0 Å². The third kappa shape index (κ3) is 4.58. The molecule has 1 atom stereocenters. The highest BCUT2D eigenvalue weighted by molar-refractivity contribution is 5.97. The Labute approximate surface area is 149 Å². The minimum Gasteiger partial charge on any atom is -0.379 e. The van der Waals surface area contributed by atoms with E-state index in [1.165, 1.54) is 6.92 Å². The molecule has 136 valence electrons. The van der Waals surface area contributed by atoms with Crippen LogP contribution in [0.25, 0.3) is 0 Å². The van der Waals surface area contributed by atoms with Crippen LogP contribution in [-0.2, 0) is 20.9 Å². The number of carbonyl (C=O) groups excluding carboxylic acids is 2. The van der Waals surface area contributed by atoms with Gasteiger partial charge >= 0.3 is 0 Å². The highest BCUT2D eigenvalue weighted by atomic mass is 16.5. The number of piperidine rings is 1. The number of nitrogens with one attached hydrogen (secondary N) is 1. The molecular weight excluding hydrogens is 318 g/mol. The second-order valence-corrected chi connectivity index (χ2v) is 6.76. The smallest absolute Gasteiger partial charge is 0.247 e. The van der Waals surface area contributed by atoms with E-state index in [0.717, 1.165) is 63.4 Å². The summed E-state index contributed by atoms with van der Waals surface area (Å²) in [4.78, 5) is 28.6. The fourth-order valence-corrected chi connectivity index (χ4v) is 3.58. The number of rotatable bonds is 4. The number of anilines is 1. The first kappa shape index (κ1) is 17.9. The molecule has 2 heterocycles. The first-order chi connectivity index (χ1) is 12.1. The molecule has 0 radical (unpaired) electrons. The van der Waals surface area contributed by atoms with E-state index in [2.05, 4.69) is 16.3 Å². The summed E-state index contributed by atoms with van der Waals surface area (Å²) in [6, 6.07) is 7.56. The maximum atomic E-state index is 12.8. The van der Waals surface area contributed by atoms with Crippen LogP contribution in [-0.4, -0.2) is 60.5 Å². The van der Waals surface area contributed by atoms with Crippen LogP contribution in [0, 0.1) is 0 Å². The Balaban J connectivity index is 1.69. The Morgan fingerprint density at radius 1 is 1.16 bits per heavy atom. The van der Waals surface area contributed by atoms with Crippen molar-refractivity contribution in [3.05, 3.63) is 29.8 Å². The molecular formula is C19H27N3O3. The molecule has 6 heteroatoms. The summed E-state index contributed by atoms with van der Waals surface area (Å²) < 4.78 is 5.40. The van der Waals surface area contributed by atoms with Gasteiger partial charge in [0.05, 0.1) is 13.2 Å². The Morgan fingerprint density at radius 2 is 1.92 bits per heavy atom. The topological polar surface area (TPSA) is 61.9 Å². The molecule has 0 aromatic heterocycles. The maximum absolute atomic E-state index is 12.8. The number of morpholine rings is 1. The van der Waals surface area contributed by atoms with Crippen molar-refractivity contribution in [2.45, 2.75) is 38.8 Å². The van der Waals surface area contributed by atoms with E-state index in [0.29, 0.717) is 6.54 Å². The number of amides is 2. The SMILES string of the molecule is CC(=O)N1CCCCC1C(=O)Nc1ccccc1CN1CCOCC1. The highest BCUT2D eigenvalue weighted by Crippen LogP contribution is 2.22. The predicted molar refractivity (Wildman–Crippen MR) is 96.2 cm³/mol. The molecule has 0 aliphatic carbocycles. The summed E-state index contributed by atoms with van der Waals surface area (Å²) in [6.07, 6.45) is 2.69. The molecule has 2 saturated heterocycles. The third-order valence-electron chi connectivity index (χ3n) is 4.98. The van der Waals surface area contributed by atoms with E-state index in [4.69, 9.17) is 4.74 Å². The van der Waals surface area contributed by atoms with Gasteiger partial charge in [-0.3, -0.25) is 14.5 Å². The summed E-state index contributed by atoms with van der Waals surface area (Å²) in [7, 11) is 0. The van der Waals surface area contributed by atoms with E-state index in [1.54, 1.807) is 4.90 Å². The lowest BCUT2D eigenvalue weighted by Gasteiger charge is -2.34. The number of ether oxygens (including phenoxy) is 1. The second-order valence-electron chi connectivity index (χ2n) is 6.76. The Bertz CT molecular complexity index is 614. The van der Waals surface area contributed by atoms with Crippen molar-refractivity contribution in [2.24, 2.45) is 0 Å². The summed E-state index contributed by atoms with van der Waals surface area (Å²) in [5.74, 6) is -0.106. The molecule has 2 fully saturated rings. The van der Waals surface area contributed by atoms with Crippen molar-refractivity contribution in [2.75, 3.05) is 38.2 Å². The Kier molecular flexibility index (Phi) is 6.04. The number of hydrogen-bond donors (Lipinski definition) is 1. The van der Waals surface area contributed by atoms with Gasteiger partial charge in [0.1, 0.15) is 6.04 Å². The average molecular weight is 345 g/mol. The van der Waals surface area contributed by atoms with E-state index in [9.17, 15) is 9.59 Å². The van der Waals surface area contributed by atoms with Crippen LogP contribution in [0.3, 0.4) is 0 Å². The zero-order valence-corrected chi connectivity index (χ0v) is 14.9. The number of nitrogens with zero attached hydrogens (tertiary/aromatic N) is 2. The summed E-state index contributed by atoms with van der Waals surface area (Å²) in [5, 5.41) is 3.06. The monoisotopic (exact) mass is 345 g/mol. The van der Waals surface area contributed by atoms with Crippen LogP contribution < -0.4 is 5.32 Å². The first-order valence-electron chi connectivity index (χ1n) is 9.11. The standard InChI is InChI=1S/C19H27N3O3/c1-15(23)22-9-5-4-8-18(22)19(24)20-17-7-3-2-6-16(17)14-21-10-12-25-13-11-21/h2-3,6-7,18H,4-5,8-14H2,1H3,(H,20,24). The van der Waals surface area contributed by atoms with Gasteiger partial charge in [-0.25, -0.2) is 0 Å². The van der Waals surface area contributed by atoms with Crippen LogP contribution in [0.1, 0.15) is 31.7 Å². The lowest BCUT2D eigenvalue weighted by atomic mass is 10.0. The number of para-hydroxylation sites is 1. The van der Waals surface area contributed by atoms with Crippen molar-refractivity contribution >= 4 is 17.5 Å². The van der Waals surface area contributed by atoms with Crippen LogP contribution in [0.15, 0.2) is 24.3 Å². The fourth-order valence-electron chi connectivity index (χ4n) is 3.58. The molecule has 1 aromatic carbocycles. The van der Waals surface area contributed by atoms with Crippen LogP contribution in [0.4, 0.5) is 5.69 Å². The maximum Gasteiger partial charge on any atom is 0.247 e. The minimum absolute atomic E-state index is 0.0264. The van der Waals surface area contributed by atoms with E-state index >= 15 is 0 Å². The number of likely N-dealkylation sites (tertiary alicyclic amines) is 1. The molecule has 25 heavy (non-hydrogen) atoms. The first-order valence-corrected chi connectivity index (χ1v) is 9.11. The molecule has 6 nitrogen and oxygen atoms in total. The number of carbonyl (C=O) groups is 2. The molecule has 2 aliphatic heterocycles. The van der Waals surface area contributed by atoms with Gasteiger partial charge in [-0.15, -0.1) is 0 Å². The molecule has 2 amide bonds. The lowest BCUT2D eigenvalue weighted by molar-refractivity contribution is -0.138. The Hall–Kier alpha value is -1.92. The van der Waals surface area contributed by atoms with Crippen molar-refractivity contribution < 1.29 is 14.3 Å².